The zero-order valence-electron chi connectivity index (χ0n) is 25.8. The maximum Gasteiger partial charge on any atom is 0.325 e. The summed E-state index contributed by atoms with van der Waals surface area (Å²) >= 11 is 0. The molecule has 8 atom stereocenters. The second-order valence-corrected chi connectivity index (χ2v) is 14.7. The van der Waals surface area contributed by atoms with E-state index in [1.54, 1.807) is 0 Å². The number of carboxylic acid groups (broad SMARTS) is 1. The summed E-state index contributed by atoms with van der Waals surface area (Å²) in [6.45, 7) is 12.2. The lowest BCUT2D eigenvalue weighted by Crippen LogP contribution is -2.51. The molecule has 2 N–H and O–H groups in total. The van der Waals surface area contributed by atoms with Gasteiger partial charge in [0.15, 0.2) is 0 Å². The number of amides is 1. The van der Waals surface area contributed by atoms with Gasteiger partial charge in [0.25, 0.3) is 0 Å². The van der Waals surface area contributed by atoms with Gasteiger partial charge < -0.3 is 15.2 Å². The first kappa shape index (κ1) is 31.1. The molecule has 1 amide bonds. The highest BCUT2D eigenvalue weighted by molar-refractivity contribution is 5.82. The number of hydrogen-bond donors (Lipinski definition) is 2. The molecule has 6 heteroatoms. The molecule has 0 aromatic carbocycles. The van der Waals surface area contributed by atoms with E-state index in [-0.39, 0.29) is 43.2 Å². The molecule has 4 aliphatic carbocycles. The van der Waals surface area contributed by atoms with Gasteiger partial charge in [0.2, 0.25) is 5.91 Å². The van der Waals surface area contributed by atoms with Crippen LogP contribution in [0.1, 0.15) is 125 Å². The van der Waals surface area contributed by atoms with Crippen molar-refractivity contribution in [3.8, 4) is 0 Å². The number of carbonyl (C=O) groups excluding carboxylic acids is 2. The fourth-order valence-corrected chi connectivity index (χ4v) is 9.64. The Morgan fingerprint density at radius 3 is 2.50 bits per heavy atom. The first-order valence-corrected chi connectivity index (χ1v) is 16.3. The molecular formula is C34H55NO5. The smallest absolute Gasteiger partial charge is 0.325 e. The normalized spacial score (nSPS) is 35.6. The van der Waals surface area contributed by atoms with Gasteiger partial charge in [-0.1, -0.05) is 65.5 Å². The molecule has 226 valence electrons. The SMILES string of the molecule is CC(C)CCC[C@@H](C)C1CC[C@H]2[C@@H]3CC=C4C[C@@H](OC(=O)CNC(=O)CCCC(=O)O)CC[C@]4(C)[C@H]3CC[C@]12C. The third kappa shape index (κ3) is 6.78. The molecule has 0 bridgehead atoms. The standard InChI is InChI=1S/C34H55NO5/c1-22(2)8-6-9-23(3)27-14-15-28-26-13-12-24-20-25(16-18-33(24,4)29(26)17-19-34(27,28)5)40-32(39)21-35-30(36)10-7-11-31(37)38/h12,22-23,25-29H,6-11,13-21H2,1-5H3,(H,35,36)(H,37,38)/t23-,25+,26+,27?,28+,29+,33+,34-/m1/s1. The summed E-state index contributed by atoms with van der Waals surface area (Å²) in [6.07, 6.45) is 16.3. The van der Waals surface area contributed by atoms with Crippen LogP contribution in [0.4, 0.5) is 0 Å². The molecule has 1 unspecified atom stereocenters. The molecule has 0 aromatic heterocycles. The Hall–Kier alpha value is -1.85. The molecule has 0 aromatic rings. The van der Waals surface area contributed by atoms with Crippen molar-refractivity contribution in [3.63, 3.8) is 0 Å². The Bertz CT molecular complexity index is 958. The first-order chi connectivity index (χ1) is 18.9. The number of carboxylic acids is 1. The molecule has 3 saturated carbocycles. The molecular weight excluding hydrogens is 502 g/mol. The van der Waals surface area contributed by atoms with E-state index in [1.807, 2.05) is 0 Å². The maximum absolute atomic E-state index is 12.5. The van der Waals surface area contributed by atoms with Crippen molar-refractivity contribution >= 4 is 17.8 Å². The highest BCUT2D eigenvalue weighted by atomic mass is 16.5. The predicted molar refractivity (Wildman–Crippen MR) is 157 cm³/mol. The number of aliphatic carboxylic acids is 1. The highest BCUT2D eigenvalue weighted by Crippen LogP contribution is 2.67. The molecule has 0 radical (unpaired) electrons. The number of hydrogen-bond acceptors (Lipinski definition) is 4. The summed E-state index contributed by atoms with van der Waals surface area (Å²) in [6, 6.07) is 0. The summed E-state index contributed by atoms with van der Waals surface area (Å²) in [5.41, 5.74) is 2.20. The lowest BCUT2D eigenvalue weighted by Gasteiger charge is -2.58. The van der Waals surface area contributed by atoms with Crippen LogP contribution in [-0.4, -0.2) is 35.6 Å². The van der Waals surface area contributed by atoms with Gasteiger partial charge in [-0.25, -0.2) is 0 Å². The van der Waals surface area contributed by atoms with Crippen LogP contribution in [-0.2, 0) is 19.1 Å². The van der Waals surface area contributed by atoms with Crippen molar-refractivity contribution in [2.24, 2.45) is 46.3 Å². The average Bonchev–Trinajstić information content (AvgIpc) is 3.24. The number of fused-ring (bicyclic) bond motifs is 5. The summed E-state index contributed by atoms with van der Waals surface area (Å²) in [4.78, 5) is 35.0. The third-order valence-corrected chi connectivity index (χ3v) is 11.8. The summed E-state index contributed by atoms with van der Waals surface area (Å²) in [5, 5.41) is 11.3. The summed E-state index contributed by atoms with van der Waals surface area (Å²) in [5.74, 6) is 3.25. The van der Waals surface area contributed by atoms with Crippen LogP contribution in [0.5, 0.6) is 0 Å². The first-order valence-electron chi connectivity index (χ1n) is 16.3. The van der Waals surface area contributed by atoms with E-state index in [2.05, 4.69) is 46.0 Å². The van der Waals surface area contributed by atoms with E-state index in [4.69, 9.17) is 9.84 Å². The fraction of sp³-hybridized carbons (Fsp3) is 0.853. The van der Waals surface area contributed by atoms with Gasteiger partial charge in [-0.3, -0.25) is 14.4 Å². The number of rotatable bonds is 12. The molecule has 40 heavy (non-hydrogen) atoms. The van der Waals surface area contributed by atoms with Crippen molar-refractivity contribution < 1.29 is 24.2 Å². The van der Waals surface area contributed by atoms with E-state index < -0.39 is 11.9 Å². The zero-order valence-corrected chi connectivity index (χ0v) is 25.8. The van der Waals surface area contributed by atoms with Crippen molar-refractivity contribution in [1.82, 2.24) is 5.32 Å². The predicted octanol–water partition coefficient (Wildman–Crippen LogP) is 7.31. The fourth-order valence-electron chi connectivity index (χ4n) is 9.64. The van der Waals surface area contributed by atoms with Gasteiger partial charge in [0.05, 0.1) is 0 Å². The molecule has 6 nitrogen and oxygen atoms in total. The molecule has 4 aliphatic rings. The van der Waals surface area contributed by atoms with Crippen LogP contribution in [0.25, 0.3) is 0 Å². The van der Waals surface area contributed by atoms with E-state index in [9.17, 15) is 14.4 Å². The Morgan fingerprint density at radius 1 is 1.00 bits per heavy atom. The molecule has 3 fully saturated rings. The molecule has 4 rings (SSSR count). The third-order valence-electron chi connectivity index (χ3n) is 11.8. The minimum atomic E-state index is -0.920. The maximum atomic E-state index is 12.5. The molecule has 0 heterocycles. The lowest BCUT2D eigenvalue weighted by molar-refractivity contribution is -0.151. The van der Waals surface area contributed by atoms with Gasteiger partial charge in [0.1, 0.15) is 12.6 Å². The van der Waals surface area contributed by atoms with E-state index >= 15 is 0 Å². The molecule has 0 spiro atoms. The summed E-state index contributed by atoms with van der Waals surface area (Å²) < 4.78 is 5.80. The second kappa shape index (κ2) is 13.0. The van der Waals surface area contributed by atoms with Gasteiger partial charge >= 0.3 is 11.9 Å². The van der Waals surface area contributed by atoms with Crippen molar-refractivity contribution in [2.75, 3.05) is 6.54 Å². The Morgan fingerprint density at radius 2 is 1.77 bits per heavy atom. The zero-order chi connectivity index (χ0) is 29.1. The quantitative estimate of drug-likeness (QED) is 0.194. The van der Waals surface area contributed by atoms with Crippen LogP contribution in [0.15, 0.2) is 11.6 Å². The lowest BCUT2D eigenvalue weighted by atomic mass is 9.47. The van der Waals surface area contributed by atoms with Crippen molar-refractivity contribution in [2.45, 2.75) is 131 Å². The van der Waals surface area contributed by atoms with Crippen LogP contribution in [0.3, 0.4) is 0 Å². The van der Waals surface area contributed by atoms with Gasteiger partial charge in [-0.2, -0.15) is 0 Å². The molecule has 0 saturated heterocycles. The van der Waals surface area contributed by atoms with Crippen LogP contribution in [0, 0.1) is 46.3 Å². The number of carbonyl (C=O) groups is 3. The monoisotopic (exact) mass is 557 g/mol. The topological polar surface area (TPSA) is 92.7 Å². The number of nitrogens with one attached hydrogen (secondary N) is 1. The van der Waals surface area contributed by atoms with E-state index in [1.165, 1.54) is 56.9 Å². The second-order valence-electron chi connectivity index (χ2n) is 14.7. The highest BCUT2D eigenvalue weighted by Gasteiger charge is 2.59. The van der Waals surface area contributed by atoms with Crippen LogP contribution >= 0.6 is 0 Å². The number of allylic oxidation sites excluding steroid dienone is 1. The van der Waals surface area contributed by atoms with Crippen LogP contribution < -0.4 is 5.32 Å². The van der Waals surface area contributed by atoms with Crippen LogP contribution in [0.2, 0.25) is 0 Å². The Balaban J connectivity index is 1.31. The average molecular weight is 558 g/mol. The summed E-state index contributed by atoms with van der Waals surface area (Å²) in [7, 11) is 0. The molecule has 0 aliphatic heterocycles. The van der Waals surface area contributed by atoms with Gasteiger partial charge in [0, 0.05) is 19.3 Å². The Labute approximate surface area is 242 Å². The number of esters is 1. The van der Waals surface area contributed by atoms with E-state index in [0.717, 1.165) is 54.8 Å². The van der Waals surface area contributed by atoms with Gasteiger partial charge in [-0.15, -0.1) is 0 Å². The minimum absolute atomic E-state index is 0.0478. The Kier molecular flexibility index (Phi) is 10.1. The van der Waals surface area contributed by atoms with Crippen molar-refractivity contribution in [3.05, 3.63) is 11.6 Å². The largest absolute Gasteiger partial charge is 0.481 e. The van der Waals surface area contributed by atoms with Gasteiger partial charge in [-0.05, 0) is 97.7 Å². The van der Waals surface area contributed by atoms with Crippen molar-refractivity contribution in [1.29, 1.82) is 0 Å². The van der Waals surface area contributed by atoms with E-state index in [0.29, 0.717) is 5.41 Å². The number of ether oxygens (including phenoxy) is 1. The minimum Gasteiger partial charge on any atom is -0.481 e.